The Morgan fingerprint density at radius 3 is 2.96 bits per heavy atom. The lowest BCUT2D eigenvalue weighted by Crippen LogP contribution is -2.15. The van der Waals surface area contributed by atoms with Crippen molar-refractivity contribution in [2.24, 2.45) is 7.05 Å². The van der Waals surface area contributed by atoms with Crippen LogP contribution >= 0.6 is 0 Å². The van der Waals surface area contributed by atoms with E-state index < -0.39 is 0 Å². The molecule has 2 N–H and O–H groups in total. The van der Waals surface area contributed by atoms with Crippen LogP contribution in [-0.4, -0.2) is 30.7 Å². The number of nitrogens with one attached hydrogen (secondary N) is 2. The predicted octanol–water partition coefficient (Wildman–Crippen LogP) is 1.16. The lowest BCUT2D eigenvalue weighted by molar-refractivity contribution is 0.102. The number of aryl methyl sites for hydroxylation is 1. The van der Waals surface area contributed by atoms with E-state index in [9.17, 15) is 4.79 Å². The number of aromatic nitrogens is 5. The minimum atomic E-state index is -0.269. The fraction of sp³-hybridized carbons (Fsp3) is 0.250. The number of carbonyl (C=O) groups excluding carboxylic acids is 1. The zero-order valence-electron chi connectivity index (χ0n) is 13.4. The summed E-state index contributed by atoms with van der Waals surface area (Å²) in [5, 5.41) is 18.6. The second kappa shape index (κ2) is 5.57. The molecule has 0 atom stereocenters. The molecule has 24 heavy (non-hydrogen) atoms. The van der Waals surface area contributed by atoms with Gasteiger partial charge in [0.25, 0.3) is 5.91 Å². The molecule has 1 aliphatic heterocycles. The van der Waals surface area contributed by atoms with Gasteiger partial charge in [0, 0.05) is 38.1 Å². The second-order valence-electron chi connectivity index (χ2n) is 5.78. The fourth-order valence-corrected chi connectivity index (χ4v) is 2.90. The smallest absolute Gasteiger partial charge is 0.278 e. The topological polar surface area (TPSA) is 89.7 Å². The summed E-state index contributed by atoms with van der Waals surface area (Å²) < 4.78 is 3.24. The van der Waals surface area contributed by atoms with E-state index in [1.165, 1.54) is 5.56 Å². The van der Waals surface area contributed by atoms with Crippen LogP contribution in [0.15, 0.2) is 30.5 Å². The third-order valence-electron chi connectivity index (χ3n) is 4.16. The molecule has 0 fully saturated rings. The summed E-state index contributed by atoms with van der Waals surface area (Å²) in [4.78, 5) is 12.6. The molecular weight excluding hydrogens is 306 g/mol. The highest BCUT2D eigenvalue weighted by atomic mass is 16.2. The zero-order chi connectivity index (χ0) is 16.7. The Morgan fingerprint density at radius 2 is 2.17 bits per heavy atom. The molecule has 3 heterocycles. The van der Waals surface area contributed by atoms with Crippen LogP contribution in [0.4, 0.5) is 5.69 Å². The summed E-state index contributed by atoms with van der Waals surface area (Å²) in [5.74, 6) is 0.362. The van der Waals surface area contributed by atoms with Crippen LogP contribution in [0, 0.1) is 6.92 Å². The Morgan fingerprint density at radius 1 is 1.29 bits per heavy atom. The number of anilines is 1. The van der Waals surface area contributed by atoms with Crippen LogP contribution in [0.3, 0.4) is 0 Å². The summed E-state index contributed by atoms with van der Waals surface area (Å²) in [6, 6.07) is 7.73. The van der Waals surface area contributed by atoms with E-state index in [4.69, 9.17) is 0 Å². The number of benzene rings is 1. The van der Waals surface area contributed by atoms with Gasteiger partial charge in [-0.1, -0.05) is 17.3 Å². The maximum atomic E-state index is 12.6. The quantitative estimate of drug-likeness (QED) is 0.755. The van der Waals surface area contributed by atoms with E-state index >= 15 is 0 Å². The molecule has 0 bridgehead atoms. The Kier molecular flexibility index (Phi) is 3.39. The van der Waals surface area contributed by atoms with Crippen molar-refractivity contribution in [2.75, 3.05) is 5.32 Å². The molecule has 2 aromatic heterocycles. The van der Waals surface area contributed by atoms with Crippen molar-refractivity contribution in [3.63, 3.8) is 0 Å². The number of fused-ring (bicyclic) bond motifs is 1. The van der Waals surface area contributed by atoms with Gasteiger partial charge in [-0.05, 0) is 24.1 Å². The van der Waals surface area contributed by atoms with E-state index in [0.717, 1.165) is 24.3 Å². The SMILES string of the molecule is Cc1c(C(=O)Nc2cccc3c2CNC3)nnn1-c1ccn(C)n1. The molecule has 1 aromatic carbocycles. The van der Waals surface area contributed by atoms with Crippen LogP contribution in [0.1, 0.15) is 27.3 Å². The highest BCUT2D eigenvalue weighted by Crippen LogP contribution is 2.24. The third kappa shape index (κ3) is 2.37. The lowest BCUT2D eigenvalue weighted by atomic mass is 10.1. The van der Waals surface area contributed by atoms with Crippen LogP contribution in [0.25, 0.3) is 5.82 Å². The number of hydrogen-bond acceptors (Lipinski definition) is 5. The van der Waals surface area contributed by atoms with Gasteiger partial charge in [-0.15, -0.1) is 5.10 Å². The number of carbonyl (C=O) groups is 1. The van der Waals surface area contributed by atoms with Gasteiger partial charge >= 0.3 is 0 Å². The monoisotopic (exact) mass is 323 g/mol. The first kappa shape index (κ1) is 14.6. The molecule has 122 valence electrons. The molecule has 0 spiro atoms. The Labute approximate surface area is 138 Å². The second-order valence-corrected chi connectivity index (χ2v) is 5.78. The number of rotatable bonds is 3. The van der Waals surface area contributed by atoms with Crippen LogP contribution < -0.4 is 10.6 Å². The van der Waals surface area contributed by atoms with Crippen molar-refractivity contribution in [1.29, 1.82) is 0 Å². The normalized spacial score (nSPS) is 13.1. The molecule has 8 heteroatoms. The van der Waals surface area contributed by atoms with E-state index in [2.05, 4.69) is 32.1 Å². The Hall–Kier alpha value is -3.00. The predicted molar refractivity (Wildman–Crippen MR) is 87.8 cm³/mol. The summed E-state index contributed by atoms with van der Waals surface area (Å²) in [6.45, 7) is 3.39. The van der Waals surface area contributed by atoms with E-state index in [0.29, 0.717) is 17.2 Å². The first-order valence-electron chi connectivity index (χ1n) is 7.68. The van der Waals surface area contributed by atoms with Crippen molar-refractivity contribution in [3.8, 4) is 5.82 Å². The molecule has 4 rings (SSSR count). The van der Waals surface area contributed by atoms with E-state index in [1.54, 1.807) is 16.3 Å². The molecule has 0 radical (unpaired) electrons. The van der Waals surface area contributed by atoms with Crippen molar-refractivity contribution in [3.05, 3.63) is 53.0 Å². The zero-order valence-corrected chi connectivity index (χ0v) is 13.4. The molecule has 1 amide bonds. The van der Waals surface area contributed by atoms with Gasteiger partial charge in [-0.2, -0.15) is 9.78 Å². The van der Waals surface area contributed by atoms with Crippen molar-refractivity contribution in [2.45, 2.75) is 20.0 Å². The van der Waals surface area contributed by atoms with E-state index in [-0.39, 0.29) is 5.91 Å². The Bertz CT molecular complexity index is 924. The number of nitrogens with zero attached hydrogens (tertiary/aromatic N) is 5. The van der Waals surface area contributed by atoms with Crippen LogP contribution in [0.2, 0.25) is 0 Å². The van der Waals surface area contributed by atoms with Gasteiger partial charge in [0.1, 0.15) is 0 Å². The van der Waals surface area contributed by atoms with Gasteiger partial charge in [-0.25, -0.2) is 0 Å². The molecule has 0 unspecified atom stereocenters. The number of hydrogen-bond donors (Lipinski definition) is 2. The van der Waals surface area contributed by atoms with Crippen molar-refractivity contribution in [1.82, 2.24) is 30.1 Å². The average Bonchev–Trinajstić information content (AvgIpc) is 3.27. The van der Waals surface area contributed by atoms with Crippen LogP contribution in [-0.2, 0) is 20.1 Å². The first-order chi connectivity index (χ1) is 11.6. The molecule has 0 saturated heterocycles. The van der Waals surface area contributed by atoms with Gasteiger partial charge in [0.2, 0.25) is 0 Å². The molecule has 1 aliphatic rings. The standard InChI is InChI=1S/C16H17N7O/c1-10-15(19-21-23(10)14-6-7-22(2)20-14)16(24)18-13-5-3-4-11-8-17-9-12(11)13/h3-7,17H,8-9H2,1-2H3,(H,18,24). The van der Waals surface area contributed by atoms with Gasteiger partial charge in [-0.3, -0.25) is 9.48 Å². The average molecular weight is 323 g/mol. The summed E-state index contributed by atoms with van der Waals surface area (Å²) in [6.07, 6.45) is 1.82. The van der Waals surface area contributed by atoms with Gasteiger partial charge < -0.3 is 10.6 Å². The summed E-state index contributed by atoms with van der Waals surface area (Å²) >= 11 is 0. The van der Waals surface area contributed by atoms with Gasteiger partial charge in [0.05, 0.1) is 5.69 Å². The summed E-state index contributed by atoms with van der Waals surface area (Å²) in [7, 11) is 1.83. The highest BCUT2D eigenvalue weighted by molar-refractivity contribution is 6.04. The molecule has 0 aliphatic carbocycles. The maximum absolute atomic E-state index is 12.6. The fourth-order valence-electron chi connectivity index (χ4n) is 2.90. The molecule has 8 nitrogen and oxygen atoms in total. The van der Waals surface area contributed by atoms with E-state index in [1.807, 2.05) is 31.4 Å². The van der Waals surface area contributed by atoms with Crippen molar-refractivity contribution < 1.29 is 4.79 Å². The summed E-state index contributed by atoms with van der Waals surface area (Å²) in [5.41, 5.74) is 4.10. The Balaban J connectivity index is 1.62. The third-order valence-corrected chi connectivity index (χ3v) is 4.16. The number of amides is 1. The molecule has 0 saturated carbocycles. The molecular formula is C16H17N7O. The first-order valence-corrected chi connectivity index (χ1v) is 7.68. The van der Waals surface area contributed by atoms with Crippen LogP contribution in [0.5, 0.6) is 0 Å². The van der Waals surface area contributed by atoms with Crippen molar-refractivity contribution >= 4 is 11.6 Å². The maximum Gasteiger partial charge on any atom is 0.278 e. The lowest BCUT2D eigenvalue weighted by Gasteiger charge is -2.09. The highest BCUT2D eigenvalue weighted by Gasteiger charge is 2.21. The minimum Gasteiger partial charge on any atom is -0.320 e. The minimum absolute atomic E-state index is 0.269. The van der Waals surface area contributed by atoms with Gasteiger partial charge in [0.15, 0.2) is 11.5 Å². The largest absolute Gasteiger partial charge is 0.320 e. The molecule has 3 aromatic rings.